The van der Waals surface area contributed by atoms with Crippen molar-refractivity contribution in [3.05, 3.63) is 64.7 Å². The van der Waals surface area contributed by atoms with E-state index in [4.69, 9.17) is 10.00 Å². The molecular weight excluding hydrogens is 260 g/mol. The summed E-state index contributed by atoms with van der Waals surface area (Å²) in [4.78, 5) is 2.25. The molecule has 0 heterocycles. The van der Waals surface area contributed by atoms with Crippen LogP contribution in [0.25, 0.3) is 0 Å². The lowest BCUT2D eigenvalue weighted by Crippen LogP contribution is -2.17. The first-order chi connectivity index (χ1) is 10.1. The maximum atomic E-state index is 8.91. The molecule has 0 amide bonds. The van der Waals surface area contributed by atoms with Gasteiger partial charge in [0.05, 0.1) is 18.7 Å². The minimum absolute atomic E-state index is 0.715. The first-order valence-electron chi connectivity index (χ1n) is 6.93. The standard InChI is InChI=1S/C18H20N2O/c1-14-9-15(11-19)7-8-17(14)13-20(2)12-16-5-4-6-18(10-16)21-3/h4-10H,12-13H2,1-3H3. The summed E-state index contributed by atoms with van der Waals surface area (Å²) in [5.74, 6) is 0.885. The van der Waals surface area contributed by atoms with Crippen LogP contribution in [0.2, 0.25) is 0 Å². The molecule has 2 aromatic carbocycles. The Morgan fingerprint density at radius 3 is 2.62 bits per heavy atom. The van der Waals surface area contributed by atoms with E-state index in [1.54, 1.807) is 7.11 Å². The zero-order valence-corrected chi connectivity index (χ0v) is 12.8. The van der Waals surface area contributed by atoms with Gasteiger partial charge in [0, 0.05) is 13.1 Å². The van der Waals surface area contributed by atoms with Gasteiger partial charge in [-0.2, -0.15) is 5.26 Å². The van der Waals surface area contributed by atoms with E-state index < -0.39 is 0 Å². The number of benzene rings is 2. The van der Waals surface area contributed by atoms with Crippen LogP contribution in [0.4, 0.5) is 0 Å². The lowest BCUT2D eigenvalue weighted by Gasteiger charge is -2.18. The van der Waals surface area contributed by atoms with Gasteiger partial charge in [0.25, 0.3) is 0 Å². The molecule has 0 bridgehead atoms. The zero-order valence-electron chi connectivity index (χ0n) is 12.8. The first-order valence-corrected chi connectivity index (χ1v) is 6.93. The van der Waals surface area contributed by atoms with Crippen molar-refractivity contribution in [3.8, 4) is 11.8 Å². The van der Waals surface area contributed by atoms with Gasteiger partial charge in [-0.05, 0) is 54.9 Å². The summed E-state index contributed by atoms with van der Waals surface area (Å²) in [6, 6.07) is 16.1. The molecule has 0 atom stereocenters. The molecule has 0 aliphatic heterocycles. The summed E-state index contributed by atoms with van der Waals surface area (Å²) in [5, 5.41) is 8.91. The second-order valence-corrected chi connectivity index (χ2v) is 5.28. The summed E-state index contributed by atoms with van der Waals surface area (Å²) in [6.45, 7) is 3.76. The zero-order chi connectivity index (χ0) is 15.2. The van der Waals surface area contributed by atoms with Crippen LogP contribution in [0, 0.1) is 18.3 Å². The van der Waals surface area contributed by atoms with E-state index in [0.29, 0.717) is 5.56 Å². The molecule has 108 valence electrons. The summed E-state index contributed by atoms with van der Waals surface area (Å²) in [5.41, 5.74) is 4.35. The van der Waals surface area contributed by atoms with Gasteiger partial charge in [-0.25, -0.2) is 0 Å². The Kier molecular flexibility index (Phi) is 4.97. The average Bonchev–Trinajstić information content (AvgIpc) is 2.49. The SMILES string of the molecule is COc1cccc(CN(C)Cc2ccc(C#N)cc2C)c1. The molecule has 0 aromatic heterocycles. The highest BCUT2D eigenvalue weighted by Crippen LogP contribution is 2.17. The molecule has 0 aliphatic rings. The Morgan fingerprint density at radius 2 is 1.95 bits per heavy atom. The van der Waals surface area contributed by atoms with E-state index in [-0.39, 0.29) is 0 Å². The predicted molar refractivity (Wildman–Crippen MR) is 84.1 cm³/mol. The molecule has 0 spiro atoms. The van der Waals surface area contributed by atoms with Crippen LogP contribution in [0.3, 0.4) is 0 Å². The number of rotatable bonds is 5. The highest BCUT2D eigenvalue weighted by Gasteiger charge is 2.06. The Balaban J connectivity index is 2.04. The van der Waals surface area contributed by atoms with Crippen molar-refractivity contribution in [3.63, 3.8) is 0 Å². The van der Waals surface area contributed by atoms with Crippen molar-refractivity contribution in [1.82, 2.24) is 4.90 Å². The summed E-state index contributed by atoms with van der Waals surface area (Å²) in [6.07, 6.45) is 0. The molecule has 2 aromatic rings. The third-order valence-electron chi connectivity index (χ3n) is 3.50. The van der Waals surface area contributed by atoms with Gasteiger partial charge in [-0.15, -0.1) is 0 Å². The molecule has 0 unspecified atom stereocenters. The molecule has 3 nitrogen and oxygen atoms in total. The van der Waals surface area contributed by atoms with Crippen molar-refractivity contribution in [1.29, 1.82) is 5.26 Å². The van der Waals surface area contributed by atoms with E-state index in [1.807, 2.05) is 30.3 Å². The van der Waals surface area contributed by atoms with Gasteiger partial charge in [0.1, 0.15) is 5.75 Å². The van der Waals surface area contributed by atoms with Gasteiger partial charge in [0.2, 0.25) is 0 Å². The van der Waals surface area contributed by atoms with Crippen molar-refractivity contribution in [2.24, 2.45) is 0 Å². The molecule has 0 radical (unpaired) electrons. The quantitative estimate of drug-likeness (QED) is 0.841. The second-order valence-electron chi connectivity index (χ2n) is 5.28. The molecule has 3 heteroatoms. The normalized spacial score (nSPS) is 10.4. The smallest absolute Gasteiger partial charge is 0.119 e. The molecule has 0 saturated carbocycles. The Labute approximate surface area is 126 Å². The summed E-state index contributed by atoms with van der Waals surface area (Å²) >= 11 is 0. The average molecular weight is 280 g/mol. The largest absolute Gasteiger partial charge is 0.497 e. The molecule has 2 rings (SSSR count). The van der Waals surface area contributed by atoms with Crippen molar-refractivity contribution in [2.45, 2.75) is 20.0 Å². The second kappa shape index (κ2) is 6.92. The van der Waals surface area contributed by atoms with E-state index >= 15 is 0 Å². The molecular formula is C18H20N2O. The number of nitrogens with zero attached hydrogens (tertiary/aromatic N) is 2. The summed E-state index contributed by atoms with van der Waals surface area (Å²) < 4.78 is 5.25. The van der Waals surface area contributed by atoms with Crippen molar-refractivity contribution in [2.75, 3.05) is 14.2 Å². The minimum atomic E-state index is 0.715. The monoisotopic (exact) mass is 280 g/mol. The molecule has 0 fully saturated rings. The van der Waals surface area contributed by atoms with Crippen LogP contribution in [0.1, 0.15) is 22.3 Å². The number of hydrogen-bond acceptors (Lipinski definition) is 3. The van der Waals surface area contributed by atoms with Crippen LogP contribution in [0.5, 0.6) is 5.75 Å². The maximum Gasteiger partial charge on any atom is 0.119 e. The third-order valence-corrected chi connectivity index (χ3v) is 3.50. The first kappa shape index (κ1) is 15.1. The van der Waals surface area contributed by atoms with E-state index in [9.17, 15) is 0 Å². The van der Waals surface area contributed by atoms with Gasteiger partial charge in [-0.1, -0.05) is 18.2 Å². The number of aryl methyl sites for hydroxylation is 1. The number of hydrogen-bond donors (Lipinski definition) is 0. The maximum absolute atomic E-state index is 8.91. The van der Waals surface area contributed by atoms with Crippen molar-refractivity contribution < 1.29 is 4.74 Å². The number of ether oxygens (including phenoxy) is 1. The van der Waals surface area contributed by atoms with Crippen LogP contribution in [-0.4, -0.2) is 19.1 Å². The van der Waals surface area contributed by atoms with E-state index in [1.165, 1.54) is 11.1 Å². The topological polar surface area (TPSA) is 36.3 Å². The Morgan fingerprint density at radius 1 is 1.14 bits per heavy atom. The molecule has 0 N–H and O–H groups in total. The number of nitriles is 1. The van der Waals surface area contributed by atoms with Crippen LogP contribution < -0.4 is 4.74 Å². The van der Waals surface area contributed by atoms with Crippen LogP contribution >= 0.6 is 0 Å². The van der Waals surface area contributed by atoms with Crippen LogP contribution in [0.15, 0.2) is 42.5 Å². The molecule has 21 heavy (non-hydrogen) atoms. The van der Waals surface area contributed by atoms with Gasteiger partial charge < -0.3 is 4.74 Å². The van der Waals surface area contributed by atoms with Gasteiger partial charge in [0.15, 0.2) is 0 Å². The highest BCUT2D eigenvalue weighted by atomic mass is 16.5. The van der Waals surface area contributed by atoms with E-state index in [2.05, 4.69) is 37.1 Å². The molecule has 0 aliphatic carbocycles. The lowest BCUT2D eigenvalue weighted by atomic mass is 10.0. The predicted octanol–water partition coefficient (Wildman–Crippen LogP) is 3.51. The Bertz CT molecular complexity index is 659. The lowest BCUT2D eigenvalue weighted by molar-refractivity contribution is 0.317. The minimum Gasteiger partial charge on any atom is -0.497 e. The fourth-order valence-corrected chi connectivity index (χ4v) is 2.37. The van der Waals surface area contributed by atoms with Crippen LogP contribution in [-0.2, 0) is 13.1 Å². The number of methoxy groups -OCH3 is 1. The molecule has 0 saturated heterocycles. The summed E-state index contributed by atoms with van der Waals surface area (Å²) in [7, 11) is 3.78. The van der Waals surface area contributed by atoms with E-state index in [0.717, 1.165) is 24.4 Å². The fraction of sp³-hybridized carbons (Fsp3) is 0.278. The third kappa shape index (κ3) is 4.08. The van der Waals surface area contributed by atoms with Gasteiger partial charge in [-0.3, -0.25) is 4.90 Å². The Hall–Kier alpha value is -2.31. The van der Waals surface area contributed by atoms with Crippen molar-refractivity contribution >= 4 is 0 Å². The highest BCUT2D eigenvalue weighted by molar-refractivity contribution is 5.37. The van der Waals surface area contributed by atoms with Gasteiger partial charge >= 0.3 is 0 Å². The fourth-order valence-electron chi connectivity index (χ4n) is 2.37.